The third-order valence-corrected chi connectivity index (χ3v) is 4.25. The summed E-state index contributed by atoms with van der Waals surface area (Å²) in [6.07, 6.45) is 2.01. The average molecular weight is 251 g/mol. The molecule has 0 fully saturated rings. The van der Waals surface area contributed by atoms with E-state index in [0.717, 1.165) is 18.5 Å². The molecule has 0 bridgehead atoms. The predicted molar refractivity (Wildman–Crippen MR) is 73.5 cm³/mol. The first-order valence-corrected chi connectivity index (χ1v) is 6.59. The molecule has 0 radical (unpaired) electrons. The van der Waals surface area contributed by atoms with Crippen LogP contribution in [-0.4, -0.2) is 15.7 Å². The fourth-order valence-corrected chi connectivity index (χ4v) is 2.37. The molecule has 0 aliphatic heterocycles. The van der Waals surface area contributed by atoms with Crippen LogP contribution in [-0.2, 0) is 13.5 Å². The normalized spacial score (nSPS) is 15.1. The molecular weight excluding hydrogens is 232 g/mol. The quantitative estimate of drug-likeness (QED) is 0.756. The van der Waals surface area contributed by atoms with Gasteiger partial charge >= 0.3 is 0 Å². The highest BCUT2D eigenvalue weighted by Crippen LogP contribution is 2.30. The van der Waals surface area contributed by atoms with Gasteiger partial charge in [-0.25, -0.2) is 0 Å². The molecule has 1 atom stereocenters. The maximum atomic E-state index is 6.08. The van der Waals surface area contributed by atoms with Crippen molar-refractivity contribution in [2.45, 2.75) is 26.7 Å². The lowest BCUT2D eigenvalue weighted by molar-refractivity contribution is 0.351. The first-order valence-electron chi connectivity index (χ1n) is 6.06. The average Bonchev–Trinajstić information content (AvgIpc) is 2.67. The minimum atomic E-state index is 0.138. The van der Waals surface area contributed by atoms with Crippen LogP contribution in [0.2, 0.25) is 0 Å². The molecule has 17 heavy (non-hydrogen) atoms. The Labute approximate surface area is 108 Å². The molecule has 0 aliphatic rings. The van der Waals surface area contributed by atoms with Crippen molar-refractivity contribution in [1.29, 1.82) is 0 Å². The number of para-hydroxylation sites is 1. The Hall–Kier alpha value is -1.02. The smallest absolute Gasteiger partial charge is 0.0709 e. The highest BCUT2D eigenvalue weighted by molar-refractivity contribution is 6.18. The van der Waals surface area contributed by atoms with Gasteiger partial charge < -0.3 is 0 Å². The zero-order valence-corrected chi connectivity index (χ0v) is 11.5. The van der Waals surface area contributed by atoms with Crippen LogP contribution in [0.5, 0.6) is 0 Å². The summed E-state index contributed by atoms with van der Waals surface area (Å²) in [6.45, 7) is 4.41. The number of aromatic nitrogens is 2. The van der Waals surface area contributed by atoms with Gasteiger partial charge in [-0.2, -0.15) is 5.10 Å². The first-order chi connectivity index (χ1) is 8.09. The van der Waals surface area contributed by atoms with E-state index in [1.165, 1.54) is 10.9 Å². The second-order valence-electron chi connectivity index (χ2n) is 5.06. The van der Waals surface area contributed by atoms with E-state index in [1.54, 1.807) is 0 Å². The van der Waals surface area contributed by atoms with Gasteiger partial charge in [-0.3, -0.25) is 4.68 Å². The van der Waals surface area contributed by atoms with Crippen LogP contribution in [0, 0.1) is 5.41 Å². The molecular formula is C14H19ClN2. The first kappa shape index (κ1) is 12.4. The zero-order valence-electron chi connectivity index (χ0n) is 10.7. The summed E-state index contributed by atoms with van der Waals surface area (Å²) in [5.41, 5.74) is 2.49. The number of benzene rings is 1. The summed E-state index contributed by atoms with van der Waals surface area (Å²) in [5.74, 6) is 0.675. The van der Waals surface area contributed by atoms with Crippen molar-refractivity contribution in [3.8, 4) is 0 Å². The Morgan fingerprint density at radius 2 is 2.06 bits per heavy atom. The highest BCUT2D eigenvalue weighted by atomic mass is 35.5. The van der Waals surface area contributed by atoms with Crippen molar-refractivity contribution in [1.82, 2.24) is 9.78 Å². The van der Waals surface area contributed by atoms with Crippen molar-refractivity contribution in [3.63, 3.8) is 0 Å². The van der Waals surface area contributed by atoms with Crippen molar-refractivity contribution >= 4 is 22.5 Å². The molecule has 92 valence electrons. The molecule has 1 unspecified atom stereocenters. The van der Waals surface area contributed by atoms with Gasteiger partial charge in [-0.15, -0.1) is 11.6 Å². The molecule has 0 spiro atoms. The molecule has 2 rings (SSSR count). The summed E-state index contributed by atoms with van der Waals surface area (Å²) in [6, 6.07) is 8.36. The number of rotatable bonds is 4. The van der Waals surface area contributed by atoms with Crippen LogP contribution in [0.4, 0.5) is 0 Å². The number of fused-ring (bicyclic) bond motifs is 1. The zero-order chi connectivity index (χ0) is 12.5. The second-order valence-corrected chi connectivity index (χ2v) is 5.33. The van der Waals surface area contributed by atoms with Gasteiger partial charge in [0.05, 0.1) is 11.2 Å². The second kappa shape index (κ2) is 4.69. The van der Waals surface area contributed by atoms with Crippen LogP contribution in [0.25, 0.3) is 10.9 Å². The lowest BCUT2D eigenvalue weighted by Gasteiger charge is -2.24. The molecule has 3 heteroatoms. The van der Waals surface area contributed by atoms with E-state index >= 15 is 0 Å². The van der Waals surface area contributed by atoms with E-state index in [-0.39, 0.29) is 5.41 Å². The van der Waals surface area contributed by atoms with Gasteiger partial charge in [0.25, 0.3) is 0 Å². The minimum absolute atomic E-state index is 0.138. The molecule has 0 aliphatic carbocycles. The van der Waals surface area contributed by atoms with Crippen LogP contribution in [0.1, 0.15) is 26.0 Å². The molecule has 0 saturated heterocycles. The van der Waals surface area contributed by atoms with Gasteiger partial charge in [0.1, 0.15) is 0 Å². The van der Waals surface area contributed by atoms with Crippen LogP contribution >= 0.6 is 11.6 Å². The van der Waals surface area contributed by atoms with E-state index in [9.17, 15) is 0 Å². The summed E-state index contributed by atoms with van der Waals surface area (Å²) < 4.78 is 1.95. The Kier molecular flexibility index (Phi) is 3.43. The Bertz CT molecular complexity index is 512. The number of aryl methyl sites for hydroxylation is 1. The predicted octanol–water partition coefficient (Wildman–Crippen LogP) is 3.77. The van der Waals surface area contributed by atoms with Crippen molar-refractivity contribution in [2.24, 2.45) is 12.5 Å². The Morgan fingerprint density at radius 1 is 1.35 bits per heavy atom. The van der Waals surface area contributed by atoms with E-state index in [1.807, 2.05) is 17.8 Å². The SMILES string of the molecule is CCC(C)(CCl)Cc1nn(C)c2ccccc12. The highest BCUT2D eigenvalue weighted by Gasteiger charge is 2.24. The Morgan fingerprint density at radius 3 is 2.71 bits per heavy atom. The lowest BCUT2D eigenvalue weighted by atomic mass is 9.84. The Balaban J connectivity index is 2.43. The summed E-state index contributed by atoms with van der Waals surface area (Å²) in [5, 5.41) is 5.88. The molecule has 1 heterocycles. The van der Waals surface area contributed by atoms with E-state index < -0.39 is 0 Å². The molecule has 1 aromatic carbocycles. The third kappa shape index (κ3) is 2.32. The molecule has 2 nitrogen and oxygen atoms in total. The van der Waals surface area contributed by atoms with Crippen LogP contribution in [0.3, 0.4) is 0 Å². The van der Waals surface area contributed by atoms with Gasteiger partial charge in [-0.1, -0.05) is 32.0 Å². The number of nitrogens with zero attached hydrogens (tertiary/aromatic N) is 2. The number of hydrogen-bond acceptors (Lipinski definition) is 1. The fraction of sp³-hybridized carbons (Fsp3) is 0.500. The van der Waals surface area contributed by atoms with Crippen LogP contribution < -0.4 is 0 Å². The van der Waals surface area contributed by atoms with Crippen molar-refractivity contribution in [2.75, 3.05) is 5.88 Å². The summed E-state index contributed by atoms with van der Waals surface area (Å²) >= 11 is 6.08. The minimum Gasteiger partial charge on any atom is -0.268 e. The topological polar surface area (TPSA) is 17.8 Å². The van der Waals surface area contributed by atoms with Crippen molar-refractivity contribution in [3.05, 3.63) is 30.0 Å². The maximum absolute atomic E-state index is 6.08. The summed E-state index contributed by atoms with van der Waals surface area (Å²) in [4.78, 5) is 0. The molecule has 0 saturated carbocycles. The van der Waals surface area contributed by atoms with Crippen molar-refractivity contribution < 1.29 is 0 Å². The lowest BCUT2D eigenvalue weighted by Crippen LogP contribution is -2.21. The molecule has 1 aromatic heterocycles. The van der Waals surface area contributed by atoms with E-state index in [2.05, 4.69) is 37.1 Å². The molecule has 0 amide bonds. The standard InChI is InChI=1S/C14H19ClN2/c1-4-14(2,10-15)9-12-11-7-5-6-8-13(11)17(3)16-12/h5-8H,4,9-10H2,1-3H3. The third-order valence-electron chi connectivity index (χ3n) is 3.60. The number of hydrogen-bond donors (Lipinski definition) is 0. The van der Waals surface area contributed by atoms with Gasteiger partial charge in [0.2, 0.25) is 0 Å². The number of alkyl halides is 1. The monoisotopic (exact) mass is 250 g/mol. The number of halogens is 1. The van der Waals surface area contributed by atoms with Gasteiger partial charge in [0, 0.05) is 18.3 Å². The molecule has 2 aromatic rings. The molecule has 0 N–H and O–H groups in total. The fourth-order valence-electron chi connectivity index (χ4n) is 2.09. The van der Waals surface area contributed by atoms with E-state index in [0.29, 0.717) is 5.88 Å². The largest absolute Gasteiger partial charge is 0.268 e. The van der Waals surface area contributed by atoms with Crippen LogP contribution in [0.15, 0.2) is 24.3 Å². The van der Waals surface area contributed by atoms with Gasteiger partial charge in [0.15, 0.2) is 0 Å². The maximum Gasteiger partial charge on any atom is 0.0709 e. The van der Waals surface area contributed by atoms with Gasteiger partial charge in [-0.05, 0) is 24.3 Å². The van der Waals surface area contributed by atoms with E-state index in [4.69, 9.17) is 11.6 Å². The summed E-state index contributed by atoms with van der Waals surface area (Å²) in [7, 11) is 2.00.